The number of likely N-dealkylation sites (tertiary alicyclic amines) is 1. The van der Waals surface area contributed by atoms with Crippen LogP contribution < -0.4 is 11.1 Å². The SMILES string of the molecule is NC(=O)C1(Nc2ccccc2)CCN(Cc2cccc3ccccc23)CC1. The fraction of sp³-hybridized carbons (Fsp3) is 0.261. The Morgan fingerprint density at radius 2 is 1.59 bits per heavy atom. The first kappa shape index (κ1) is 17.6. The van der Waals surface area contributed by atoms with E-state index in [9.17, 15) is 4.79 Å². The van der Waals surface area contributed by atoms with Gasteiger partial charge >= 0.3 is 0 Å². The van der Waals surface area contributed by atoms with E-state index in [1.54, 1.807) is 0 Å². The van der Waals surface area contributed by atoms with E-state index in [1.165, 1.54) is 16.3 Å². The molecular formula is C23H25N3O. The molecule has 27 heavy (non-hydrogen) atoms. The average molecular weight is 359 g/mol. The van der Waals surface area contributed by atoms with E-state index in [4.69, 9.17) is 5.73 Å². The van der Waals surface area contributed by atoms with E-state index in [2.05, 4.69) is 52.7 Å². The first-order chi connectivity index (χ1) is 13.2. The molecule has 0 atom stereocenters. The molecule has 3 aromatic carbocycles. The van der Waals surface area contributed by atoms with Crippen LogP contribution in [-0.4, -0.2) is 29.4 Å². The number of fused-ring (bicyclic) bond motifs is 1. The number of rotatable bonds is 5. The van der Waals surface area contributed by atoms with Gasteiger partial charge in [0.05, 0.1) is 0 Å². The Bertz CT molecular complexity index is 925. The molecule has 138 valence electrons. The summed E-state index contributed by atoms with van der Waals surface area (Å²) in [4.78, 5) is 14.7. The van der Waals surface area contributed by atoms with Gasteiger partial charge in [-0.15, -0.1) is 0 Å². The minimum Gasteiger partial charge on any atom is -0.371 e. The van der Waals surface area contributed by atoms with Crippen molar-refractivity contribution in [1.29, 1.82) is 0 Å². The maximum absolute atomic E-state index is 12.3. The number of anilines is 1. The Kier molecular flexibility index (Phi) is 4.82. The number of primary amides is 1. The number of nitrogens with zero attached hydrogens (tertiary/aromatic N) is 1. The van der Waals surface area contributed by atoms with Gasteiger partial charge < -0.3 is 11.1 Å². The minimum atomic E-state index is -0.670. The highest BCUT2D eigenvalue weighted by Crippen LogP contribution is 2.29. The van der Waals surface area contributed by atoms with Crippen LogP contribution in [0.15, 0.2) is 72.8 Å². The molecule has 4 heteroatoms. The molecule has 3 aromatic rings. The summed E-state index contributed by atoms with van der Waals surface area (Å²) in [5.74, 6) is -0.267. The lowest BCUT2D eigenvalue weighted by molar-refractivity contribution is -0.123. The van der Waals surface area contributed by atoms with Crippen molar-refractivity contribution in [3.8, 4) is 0 Å². The van der Waals surface area contributed by atoms with E-state index in [0.717, 1.165) is 25.3 Å². The van der Waals surface area contributed by atoms with E-state index < -0.39 is 5.54 Å². The van der Waals surface area contributed by atoms with Crippen molar-refractivity contribution >= 4 is 22.4 Å². The van der Waals surface area contributed by atoms with Gasteiger partial charge in [-0.3, -0.25) is 9.69 Å². The highest BCUT2D eigenvalue weighted by molar-refractivity contribution is 5.88. The lowest BCUT2D eigenvalue weighted by Crippen LogP contribution is -2.56. The third-order valence-electron chi connectivity index (χ3n) is 5.61. The zero-order valence-electron chi connectivity index (χ0n) is 15.4. The summed E-state index contributed by atoms with van der Waals surface area (Å²) in [6.45, 7) is 2.57. The van der Waals surface area contributed by atoms with Gasteiger partial charge in [-0.05, 0) is 41.3 Å². The van der Waals surface area contributed by atoms with Gasteiger partial charge in [0.2, 0.25) is 5.91 Å². The number of hydrogen-bond acceptors (Lipinski definition) is 3. The monoisotopic (exact) mass is 359 g/mol. The second-order valence-corrected chi connectivity index (χ2v) is 7.35. The van der Waals surface area contributed by atoms with Gasteiger partial charge in [-0.1, -0.05) is 60.7 Å². The van der Waals surface area contributed by atoms with Gasteiger partial charge in [0.15, 0.2) is 0 Å². The molecule has 0 saturated carbocycles. The van der Waals surface area contributed by atoms with Crippen LogP contribution in [0.25, 0.3) is 10.8 Å². The Hall–Kier alpha value is -2.85. The van der Waals surface area contributed by atoms with E-state index in [1.807, 2.05) is 30.3 Å². The summed E-state index contributed by atoms with van der Waals surface area (Å²) in [5, 5.41) is 5.97. The number of carbonyl (C=O) groups is 1. The van der Waals surface area contributed by atoms with E-state index in [0.29, 0.717) is 12.8 Å². The van der Waals surface area contributed by atoms with Crippen LogP contribution in [0.1, 0.15) is 18.4 Å². The summed E-state index contributed by atoms with van der Waals surface area (Å²) < 4.78 is 0. The van der Waals surface area contributed by atoms with Gasteiger partial charge in [0, 0.05) is 25.3 Å². The highest BCUT2D eigenvalue weighted by atomic mass is 16.1. The molecule has 0 spiro atoms. The van der Waals surface area contributed by atoms with Gasteiger partial charge in [-0.2, -0.15) is 0 Å². The number of carbonyl (C=O) groups excluding carboxylic acids is 1. The second kappa shape index (κ2) is 7.41. The fourth-order valence-corrected chi connectivity index (χ4v) is 3.99. The van der Waals surface area contributed by atoms with Crippen LogP contribution >= 0.6 is 0 Å². The highest BCUT2D eigenvalue weighted by Gasteiger charge is 2.39. The summed E-state index contributed by atoms with van der Waals surface area (Å²) in [6, 6.07) is 24.8. The predicted octanol–water partition coefficient (Wildman–Crippen LogP) is 3.77. The molecule has 1 amide bonds. The molecule has 0 unspecified atom stereocenters. The topological polar surface area (TPSA) is 58.4 Å². The van der Waals surface area contributed by atoms with E-state index >= 15 is 0 Å². The van der Waals surface area contributed by atoms with Gasteiger partial charge in [0.25, 0.3) is 0 Å². The van der Waals surface area contributed by atoms with Crippen LogP contribution in [0, 0.1) is 0 Å². The van der Waals surface area contributed by atoms with Crippen molar-refractivity contribution < 1.29 is 4.79 Å². The molecule has 4 rings (SSSR count). The second-order valence-electron chi connectivity index (χ2n) is 7.35. The Morgan fingerprint density at radius 1 is 0.926 bits per heavy atom. The molecule has 1 heterocycles. The Morgan fingerprint density at radius 3 is 2.33 bits per heavy atom. The number of nitrogens with two attached hydrogens (primary N) is 1. The Labute approximate surface area is 160 Å². The fourth-order valence-electron chi connectivity index (χ4n) is 3.99. The zero-order valence-corrected chi connectivity index (χ0v) is 15.4. The largest absolute Gasteiger partial charge is 0.371 e. The summed E-state index contributed by atoms with van der Waals surface area (Å²) >= 11 is 0. The lowest BCUT2D eigenvalue weighted by Gasteiger charge is -2.41. The molecule has 1 fully saturated rings. The molecular weight excluding hydrogens is 334 g/mol. The normalized spacial score (nSPS) is 16.9. The standard InChI is InChI=1S/C23H25N3O/c24-22(27)23(25-20-10-2-1-3-11-20)13-15-26(16-14-23)17-19-9-6-8-18-7-4-5-12-21(18)19/h1-12,25H,13-17H2,(H2,24,27). The molecule has 3 N–H and O–H groups in total. The lowest BCUT2D eigenvalue weighted by atomic mass is 9.86. The molecule has 1 aliphatic rings. The average Bonchev–Trinajstić information content (AvgIpc) is 2.70. The molecule has 0 aromatic heterocycles. The number of para-hydroxylation sites is 1. The van der Waals surface area contributed by atoms with Crippen molar-refractivity contribution in [2.24, 2.45) is 5.73 Å². The molecule has 0 bridgehead atoms. The number of piperidine rings is 1. The summed E-state index contributed by atoms with van der Waals surface area (Å²) in [7, 11) is 0. The molecule has 0 radical (unpaired) electrons. The van der Waals surface area contributed by atoms with Crippen LogP contribution in [0.3, 0.4) is 0 Å². The maximum atomic E-state index is 12.3. The number of amides is 1. The zero-order chi connectivity index (χ0) is 18.7. The van der Waals surface area contributed by atoms with Crippen LogP contribution in [0.2, 0.25) is 0 Å². The first-order valence-electron chi connectivity index (χ1n) is 9.48. The third-order valence-corrected chi connectivity index (χ3v) is 5.61. The third kappa shape index (κ3) is 3.67. The first-order valence-corrected chi connectivity index (χ1v) is 9.48. The van der Waals surface area contributed by atoms with Crippen LogP contribution in [0.5, 0.6) is 0 Å². The molecule has 1 saturated heterocycles. The summed E-state index contributed by atoms with van der Waals surface area (Å²) in [5.41, 5.74) is 7.41. The van der Waals surface area contributed by atoms with Crippen molar-refractivity contribution in [1.82, 2.24) is 4.90 Å². The van der Waals surface area contributed by atoms with Crippen LogP contribution in [0.4, 0.5) is 5.69 Å². The summed E-state index contributed by atoms with van der Waals surface area (Å²) in [6.07, 6.45) is 1.42. The predicted molar refractivity (Wildman–Crippen MR) is 110 cm³/mol. The van der Waals surface area contributed by atoms with Crippen molar-refractivity contribution in [3.63, 3.8) is 0 Å². The van der Waals surface area contributed by atoms with Gasteiger partial charge in [-0.25, -0.2) is 0 Å². The van der Waals surface area contributed by atoms with Crippen molar-refractivity contribution in [3.05, 3.63) is 78.4 Å². The molecule has 1 aliphatic heterocycles. The number of hydrogen-bond donors (Lipinski definition) is 2. The van der Waals surface area contributed by atoms with Crippen molar-refractivity contribution in [2.75, 3.05) is 18.4 Å². The minimum absolute atomic E-state index is 0.267. The van der Waals surface area contributed by atoms with E-state index in [-0.39, 0.29) is 5.91 Å². The van der Waals surface area contributed by atoms with Crippen molar-refractivity contribution in [2.45, 2.75) is 24.9 Å². The molecule has 4 nitrogen and oxygen atoms in total. The number of benzene rings is 3. The quantitative estimate of drug-likeness (QED) is 0.729. The van der Waals surface area contributed by atoms with Gasteiger partial charge in [0.1, 0.15) is 5.54 Å². The number of nitrogens with one attached hydrogen (secondary N) is 1. The maximum Gasteiger partial charge on any atom is 0.243 e. The van der Waals surface area contributed by atoms with Crippen LogP contribution in [-0.2, 0) is 11.3 Å². The smallest absolute Gasteiger partial charge is 0.243 e. The Balaban J connectivity index is 1.48. The molecule has 0 aliphatic carbocycles.